The fourth-order valence-corrected chi connectivity index (χ4v) is 5.01. The van der Waals surface area contributed by atoms with Crippen molar-refractivity contribution in [1.29, 1.82) is 0 Å². The first-order chi connectivity index (χ1) is 22.0. The van der Waals surface area contributed by atoms with Gasteiger partial charge in [-0.15, -0.1) is 0 Å². The Hall–Kier alpha value is -5.26. The Morgan fingerprint density at radius 1 is 0.689 bits per heavy atom. The summed E-state index contributed by atoms with van der Waals surface area (Å²) >= 11 is 0. The number of hydrogen-bond donors (Lipinski definition) is 6. The number of nitrogens with one attached hydrogen (secondary N) is 6. The second-order valence-electron chi connectivity index (χ2n) is 11.0. The molecule has 1 heterocycles. The van der Waals surface area contributed by atoms with Gasteiger partial charge in [-0.2, -0.15) is 15.0 Å². The molecule has 234 valence electrons. The van der Waals surface area contributed by atoms with Gasteiger partial charge >= 0.3 is 6.03 Å². The number of rotatable bonds is 12. The van der Waals surface area contributed by atoms with Gasteiger partial charge in [0.05, 0.1) is 6.42 Å². The maximum Gasteiger partial charge on any atom is 0.333 e. The fourth-order valence-electron chi connectivity index (χ4n) is 5.01. The van der Waals surface area contributed by atoms with Crippen molar-refractivity contribution in [2.24, 2.45) is 5.92 Å². The van der Waals surface area contributed by atoms with E-state index < -0.39 is 6.03 Å². The number of nitrogens with zero attached hydrogens (tertiary/aromatic N) is 3. The Balaban J connectivity index is 1.15. The van der Waals surface area contributed by atoms with Crippen LogP contribution in [0.3, 0.4) is 0 Å². The topological polar surface area (TPSA) is 145 Å². The first-order valence-electron chi connectivity index (χ1n) is 15.2. The summed E-state index contributed by atoms with van der Waals surface area (Å²) in [6, 6.07) is 22.5. The minimum absolute atomic E-state index is 0.0810. The molecular weight excluding hydrogens is 573 g/mol. The highest BCUT2D eigenvalue weighted by molar-refractivity contribution is 5.82. The number of hydrogen-bond acceptors (Lipinski definition) is 8. The van der Waals surface area contributed by atoms with Gasteiger partial charge in [0.2, 0.25) is 23.8 Å². The number of benzene rings is 3. The van der Waals surface area contributed by atoms with Crippen molar-refractivity contribution >= 4 is 35.5 Å². The number of amides is 3. The van der Waals surface area contributed by atoms with Crippen molar-refractivity contribution in [3.05, 3.63) is 101 Å². The Morgan fingerprint density at radius 3 is 2.07 bits per heavy atom. The molecule has 0 unspecified atom stereocenters. The number of halogens is 1. The van der Waals surface area contributed by atoms with E-state index in [9.17, 15) is 14.0 Å². The van der Waals surface area contributed by atoms with E-state index in [-0.39, 0.29) is 18.1 Å². The minimum Gasteiger partial charge on any atom is -0.354 e. The molecule has 0 aliphatic heterocycles. The molecule has 1 aliphatic rings. The van der Waals surface area contributed by atoms with E-state index in [1.807, 2.05) is 54.6 Å². The second-order valence-corrected chi connectivity index (χ2v) is 11.0. The fraction of sp³-hybridized carbons (Fsp3) is 0.303. The van der Waals surface area contributed by atoms with Crippen molar-refractivity contribution in [3.63, 3.8) is 0 Å². The largest absolute Gasteiger partial charge is 0.354 e. The zero-order valence-corrected chi connectivity index (χ0v) is 25.0. The molecule has 0 spiro atoms. The average molecular weight is 612 g/mol. The molecule has 1 fully saturated rings. The number of urea groups is 1. The van der Waals surface area contributed by atoms with Crippen LogP contribution in [0.25, 0.3) is 0 Å². The smallest absolute Gasteiger partial charge is 0.333 e. The van der Waals surface area contributed by atoms with Gasteiger partial charge in [0.1, 0.15) is 5.82 Å². The molecule has 1 saturated carbocycles. The Bertz CT molecular complexity index is 1530. The Kier molecular flexibility index (Phi) is 11.1. The second kappa shape index (κ2) is 16.0. The molecule has 4 aromatic rings. The molecule has 0 saturated heterocycles. The Morgan fingerprint density at radius 2 is 1.33 bits per heavy atom. The third-order valence-corrected chi connectivity index (χ3v) is 7.46. The maximum absolute atomic E-state index is 13.3. The number of carbonyl (C=O) groups excluding carboxylic acids is 2. The summed E-state index contributed by atoms with van der Waals surface area (Å²) in [5.41, 5.74) is 8.13. The van der Waals surface area contributed by atoms with Crippen LogP contribution in [0.5, 0.6) is 0 Å². The zero-order valence-electron chi connectivity index (χ0n) is 25.0. The van der Waals surface area contributed by atoms with Crippen molar-refractivity contribution in [2.45, 2.75) is 51.6 Å². The van der Waals surface area contributed by atoms with E-state index in [1.165, 1.54) is 44.2 Å². The summed E-state index contributed by atoms with van der Waals surface area (Å²) in [4.78, 5) is 38.0. The van der Waals surface area contributed by atoms with Crippen LogP contribution in [-0.2, 0) is 24.3 Å². The molecule has 3 amide bonds. The third-order valence-electron chi connectivity index (χ3n) is 7.46. The molecular formula is C33H38FN9O2. The van der Waals surface area contributed by atoms with Gasteiger partial charge in [-0.1, -0.05) is 73.9 Å². The van der Waals surface area contributed by atoms with E-state index in [1.54, 1.807) is 12.1 Å². The summed E-state index contributed by atoms with van der Waals surface area (Å²) < 4.78 is 13.3. The van der Waals surface area contributed by atoms with Crippen molar-refractivity contribution in [3.8, 4) is 0 Å². The van der Waals surface area contributed by atoms with E-state index in [4.69, 9.17) is 0 Å². The van der Waals surface area contributed by atoms with Crippen LogP contribution in [-0.4, -0.2) is 33.4 Å². The van der Waals surface area contributed by atoms with E-state index >= 15 is 0 Å². The van der Waals surface area contributed by atoms with Crippen LogP contribution in [0.2, 0.25) is 0 Å². The molecule has 6 N–H and O–H groups in total. The van der Waals surface area contributed by atoms with Gasteiger partial charge in [0, 0.05) is 25.3 Å². The molecule has 0 radical (unpaired) electrons. The highest BCUT2D eigenvalue weighted by atomic mass is 19.1. The molecule has 1 aromatic heterocycles. The first kappa shape index (κ1) is 31.2. The summed E-state index contributed by atoms with van der Waals surface area (Å²) in [5.74, 6) is 1.16. The zero-order chi connectivity index (χ0) is 31.3. The standard InChI is InChI=1S/C33H38FN9O2/c34-27-15-11-26(12-16-27)21-36-31-39-30(35-20-24-7-3-1-4-8-24)40-32(41-31)38-28-17-13-23(14-18-28)19-29(44)42-43-33(45)37-22-25-9-5-2-6-10-25/h2,5-6,9-18,24H,1,3-4,7-8,19-22H2,(H,42,44)(H2,37,43,45)(H3,35,36,38,39,40,41). The number of anilines is 4. The normalized spacial score (nSPS) is 13.0. The lowest BCUT2D eigenvalue weighted by Gasteiger charge is -2.21. The van der Waals surface area contributed by atoms with Gasteiger partial charge in [0.15, 0.2) is 0 Å². The van der Waals surface area contributed by atoms with Crippen molar-refractivity contribution in [1.82, 2.24) is 31.1 Å². The first-order valence-corrected chi connectivity index (χ1v) is 15.2. The van der Waals surface area contributed by atoms with Crippen LogP contribution in [0.1, 0.15) is 48.8 Å². The van der Waals surface area contributed by atoms with Crippen LogP contribution >= 0.6 is 0 Å². The van der Waals surface area contributed by atoms with E-state index in [0.717, 1.165) is 28.9 Å². The van der Waals surface area contributed by atoms with Gasteiger partial charge in [-0.3, -0.25) is 10.2 Å². The predicted octanol–water partition coefficient (Wildman–Crippen LogP) is 5.43. The number of aromatic nitrogens is 3. The van der Waals surface area contributed by atoms with Crippen molar-refractivity contribution < 1.29 is 14.0 Å². The third kappa shape index (κ3) is 10.4. The molecule has 11 nitrogen and oxygen atoms in total. The van der Waals surface area contributed by atoms with Gasteiger partial charge in [-0.25, -0.2) is 14.6 Å². The van der Waals surface area contributed by atoms with Crippen LogP contribution in [0.15, 0.2) is 78.9 Å². The monoisotopic (exact) mass is 611 g/mol. The SMILES string of the molecule is O=C(Cc1ccc(Nc2nc(NCc3ccc(F)cc3)nc(NCC3CCCCC3)n2)cc1)NNC(=O)NCc1ccccc1. The highest BCUT2D eigenvalue weighted by Gasteiger charge is 2.15. The summed E-state index contributed by atoms with van der Waals surface area (Å²) in [5, 5.41) is 12.5. The van der Waals surface area contributed by atoms with E-state index in [0.29, 0.717) is 36.9 Å². The maximum atomic E-state index is 13.3. The Labute approximate surface area is 261 Å². The van der Waals surface area contributed by atoms with Gasteiger partial charge in [0.25, 0.3) is 0 Å². The van der Waals surface area contributed by atoms with Gasteiger partial charge < -0.3 is 21.3 Å². The molecule has 5 rings (SSSR count). The molecule has 3 aromatic carbocycles. The summed E-state index contributed by atoms with van der Waals surface area (Å²) in [6.45, 7) is 1.56. The molecule has 1 aliphatic carbocycles. The molecule has 45 heavy (non-hydrogen) atoms. The van der Waals surface area contributed by atoms with Gasteiger partial charge in [-0.05, 0) is 59.7 Å². The average Bonchev–Trinajstić information content (AvgIpc) is 3.07. The quantitative estimate of drug-likeness (QED) is 0.116. The van der Waals surface area contributed by atoms with Crippen LogP contribution in [0.4, 0.5) is 32.7 Å². The molecule has 0 bridgehead atoms. The summed E-state index contributed by atoms with van der Waals surface area (Å²) in [7, 11) is 0. The number of carbonyl (C=O) groups is 2. The lowest BCUT2D eigenvalue weighted by Crippen LogP contribution is -2.47. The number of hydrazine groups is 1. The minimum atomic E-state index is -0.497. The predicted molar refractivity (Wildman–Crippen MR) is 172 cm³/mol. The van der Waals surface area contributed by atoms with Crippen LogP contribution in [0, 0.1) is 11.7 Å². The molecule has 12 heteroatoms. The van der Waals surface area contributed by atoms with Crippen LogP contribution < -0.4 is 32.1 Å². The molecule has 0 atom stereocenters. The lowest BCUT2D eigenvalue weighted by molar-refractivity contribution is -0.121. The van der Waals surface area contributed by atoms with E-state index in [2.05, 4.69) is 47.1 Å². The summed E-state index contributed by atoms with van der Waals surface area (Å²) in [6.07, 6.45) is 6.26. The highest BCUT2D eigenvalue weighted by Crippen LogP contribution is 2.24. The van der Waals surface area contributed by atoms with Crippen molar-refractivity contribution in [2.75, 3.05) is 22.5 Å². The lowest BCUT2D eigenvalue weighted by atomic mass is 9.89.